The van der Waals surface area contributed by atoms with Crippen LogP contribution in [-0.4, -0.2) is 4.57 Å². The minimum absolute atomic E-state index is 0.453. The highest BCUT2D eigenvalue weighted by Crippen LogP contribution is 2.38. The molecule has 0 aliphatic heterocycles. The van der Waals surface area contributed by atoms with Gasteiger partial charge in [0.2, 0.25) is 0 Å². The van der Waals surface area contributed by atoms with Crippen LogP contribution in [0.15, 0.2) is 103 Å². The Morgan fingerprint density at radius 1 is 0.607 bits per heavy atom. The Kier molecular flexibility index (Phi) is 4.65. The van der Waals surface area contributed by atoms with Crippen LogP contribution in [0.5, 0.6) is 0 Å². The molecular weight excluding hydrogens is 361 g/mol. The molecule has 0 bridgehead atoms. The standard InChI is InChI=1S/C23H17F3N2/c24-23(25,26)18-7-6-10-22(17-18)28(20-8-2-1-3-9-20)21-13-11-19(12-14-21)27-15-4-5-16-27/h1-17H. The van der Waals surface area contributed by atoms with Gasteiger partial charge in [-0.05, 0) is 66.7 Å². The Balaban J connectivity index is 1.79. The van der Waals surface area contributed by atoms with E-state index >= 15 is 0 Å². The van der Waals surface area contributed by atoms with Crippen molar-refractivity contribution in [1.29, 1.82) is 0 Å². The molecule has 0 atom stereocenters. The largest absolute Gasteiger partial charge is 0.416 e. The first-order chi connectivity index (χ1) is 13.5. The molecule has 0 aliphatic carbocycles. The molecule has 0 N–H and O–H groups in total. The van der Waals surface area contributed by atoms with Crippen LogP contribution in [0.2, 0.25) is 0 Å². The number of anilines is 3. The second-order valence-electron chi connectivity index (χ2n) is 6.33. The van der Waals surface area contributed by atoms with E-state index in [1.54, 1.807) is 6.07 Å². The highest BCUT2D eigenvalue weighted by molar-refractivity contribution is 5.77. The number of aromatic nitrogens is 1. The summed E-state index contributed by atoms with van der Waals surface area (Å²) in [5.41, 5.74) is 2.33. The van der Waals surface area contributed by atoms with E-state index in [9.17, 15) is 13.2 Å². The topological polar surface area (TPSA) is 8.17 Å². The van der Waals surface area contributed by atoms with E-state index in [2.05, 4.69) is 0 Å². The van der Waals surface area contributed by atoms with E-state index in [1.807, 2.05) is 88.6 Å². The number of rotatable bonds is 4. The summed E-state index contributed by atoms with van der Waals surface area (Å²) in [5, 5.41) is 0. The molecule has 0 amide bonds. The van der Waals surface area contributed by atoms with E-state index in [4.69, 9.17) is 0 Å². The molecule has 28 heavy (non-hydrogen) atoms. The molecule has 0 fully saturated rings. The summed E-state index contributed by atoms with van der Waals surface area (Å²) in [4.78, 5) is 1.81. The average Bonchev–Trinajstić information content (AvgIpc) is 3.24. The Bertz CT molecular complexity index is 1040. The minimum atomic E-state index is -4.39. The highest BCUT2D eigenvalue weighted by atomic mass is 19.4. The van der Waals surface area contributed by atoms with Crippen LogP contribution in [0.1, 0.15) is 5.56 Å². The molecule has 0 aliphatic rings. The van der Waals surface area contributed by atoms with Crippen molar-refractivity contribution in [2.24, 2.45) is 0 Å². The third-order valence-corrected chi connectivity index (χ3v) is 4.46. The van der Waals surface area contributed by atoms with Gasteiger partial charge in [-0.3, -0.25) is 0 Å². The predicted octanol–water partition coefficient (Wildman–Crippen LogP) is 6.97. The quantitative estimate of drug-likeness (QED) is 0.372. The lowest BCUT2D eigenvalue weighted by molar-refractivity contribution is -0.137. The lowest BCUT2D eigenvalue weighted by Crippen LogP contribution is -2.12. The molecule has 140 valence electrons. The molecule has 3 aromatic carbocycles. The van der Waals surface area contributed by atoms with Gasteiger partial charge in [0.25, 0.3) is 0 Å². The van der Waals surface area contributed by atoms with Gasteiger partial charge in [0, 0.05) is 35.1 Å². The molecule has 1 heterocycles. The Labute approximate surface area is 161 Å². The SMILES string of the molecule is FC(F)(F)c1cccc(N(c2ccccc2)c2ccc(-n3cccc3)cc2)c1. The van der Waals surface area contributed by atoms with E-state index in [-0.39, 0.29) is 0 Å². The Hall–Kier alpha value is -3.47. The zero-order chi connectivity index (χ0) is 19.6. The van der Waals surface area contributed by atoms with Gasteiger partial charge >= 0.3 is 6.18 Å². The molecule has 0 radical (unpaired) electrons. The van der Waals surface area contributed by atoms with Crippen LogP contribution < -0.4 is 4.90 Å². The fourth-order valence-corrected chi connectivity index (χ4v) is 3.13. The van der Waals surface area contributed by atoms with E-state index in [0.717, 1.165) is 23.1 Å². The summed E-state index contributed by atoms with van der Waals surface area (Å²) >= 11 is 0. The number of para-hydroxylation sites is 1. The van der Waals surface area contributed by atoms with Crippen molar-refractivity contribution >= 4 is 17.1 Å². The lowest BCUT2D eigenvalue weighted by atomic mass is 10.1. The normalized spacial score (nSPS) is 11.4. The van der Waals surface area contributed by atoms with E-state index < -0.39 is 11.7 Å². The van der Waals surface area contributed by atoms with Crippen molar-refractivity contribution in [3.05, 3.63) is 109 Å². The van der Waals surface area contributed by atoms with Gasteiger partial charge < -0.3 is 9.47 Å². The summed E-state index contributed by atoms with van der Waals surface area (Å²) in [7, 11) is 0. The average molecular weight is 378 g/mol. The third kappa shape index (κ3) is 3.64. The first kappa shape index (κ1) is 17.9. The van der Waals surface area contributed by atoms with Gasteiger partial charge in [-0.15, -0.1) is 0 Å². The molecule has 1 aromatic heterocycles. The number of halogens is 3. The first-order valence-corrected chi connectivity index (χ1v) is 8.78. The fraction of sp³-hybridized carbons (Fsp3) is 0.0435. The maximum absolute atomic E-state index is 13.2. The molecular formula is C23H17F3N2. The summed E-state index contributed by atoms with van der Waals surface area (Å²) in [5.74, 6) is 0. The van der Waals surface area contributed by atoms with Crippen LogP contribution in [0, 0.1) is 0 Å². The zero-order valence-corrected chi connectivity index (χ0v) is 14.8. The Morgan fingerprint density at radius 3 is 1.86 bits per heavy atom. The van der Waals surface area contributed by atoms with Crippen LogP contribution in [-0.2, 0) is 6.18 Å². The predicted molar refractivity (Wildman–Crippen MR) is 105 cm³/mol. The van der Waals surface area contributed by atoms with Gasteiger partial charge in [0.15, 0.2) is 0 Å². The van der Waals surface area contributed by atoms with Crippen molar-refractivity contribution in [3.63, 3.8) is 0 Å². The summed E-state index contributed by atoms with van der Waals surface area (Å²) in [6.45, 7) is 0. The number of benzene rings is 3. The lowest BCUT2D eigenvalue weighted by Gasteiger charge is -2.26. The molecule has 0 saturated carbocycles. The van der Waals surface area contributed by atoms with Gasteiger partial charge in [-0.1, -0.05) is 24.3 Å². The second-order valence-corrected chi connectivity index (χ2v) is 6.33. The van der Waals surface area contributed by atoms with Crippen molar-refractivity contribution < 1.29 is 13.2 Å². The smallest absolute Gasteiger partial charge is 0.324 e. The van der Waals surface area contributed by atoms with Crippen LogP contribution >= 0.6 is 0 Å². The van der Waals surface area contributed by atoms with Crippen LogP contribution in [0.3, 0.4) is 0 Å². The van der Waals surface area contributed by atoms with Gasteiger partial charge in [0.05, 0.1) is 5.56 Å². The molecule has 0 unspecified atom stereocenters. The third-order valence-electron chi connectivity index (χ3n) is 4.46. The van der Waals surface area contributed by atoms with E-state index in [0.29, 0.717) is 5.69 Å². The summed E-state index contributed by atoms with van der Waals surface area (Å²) in [6, 6.07) is 26.3. The molecule has 4 aromatic rings. The Morgan fingerprint density at radius 2 is 1.21 bits per heavy atom. The maximum Gasteiger partial charge on any atom is 0.416 e. The highest BCUT2D eigenvalue weighted by Gasteiger charge is 2.31. The monoisotopic (exact) mass is 378 g/mol. The first-order valence-electron chi connectivity index (χ1n) is 8.78. The van der Waals surface area contributed by atoms with Crippen molar-refractivity contribution in [2.45, 2.75) is 6.18 Å². The van der Waals surface area contributed by atoms with Gasteiger partial charge in [-0.25, -0.2) is 0 Å². The van der Waals surface area contributed by atoms with Gasteiger partial charge in [0.1, 0.15) is 0 Å². The minimum Gasteiger partial charge on any atom is -0.324 e. The van der Waals surface area contributed by atoms with Crippen molar-refractivity contribution in [1.82, 2.24) is 4.57 Å². The molecule has 2 nitrogen and oxygen atoms in total. The molecule has 4 rings (SSSR count). The molecule has 5 heteroatoms. The van der Waals surface area contributed by atoms with Crippen LogP contribution in [0.4, 0.5) is 30.2 Å². The van der Waals surface area contributed by atoms with Crippen molar-refractivity contribution in [2.75, 3.05) is 4.90 Å². The second kappa shape index (κ2) is 7.27. The number of hydrogen-bond donors (Lipinski definition) is 0. The van der Waals surface area contributed by atoms with Crippen molar-refractivity contribution in [3.8, 4) is 5.69 Å². The number of hydrogen-bond acceptors (Lipinski definition) is 1. The molecule has 0 saturated heterocycles. The summed E-state index contributed by atoms with van der Waals surface area (Å²) < 4.78 is 41.6. The van der Waals surface area contributed by atoms with Crippen LogP contribution in [0.25, 0.3) is 5.69 Å². The van der Waals surface area contributed by atoms with Gasteiger partial charge in [-0.2, -0.15) is 13.2 Å². The zero-order valence-electron chi connectivity index (χ0n) is 14.8. The molecule has 0 spiro atoms. The number of nitrogens with zero attached hydrogens (tertiary/aromatic N) is 2. The summed E-state index contributed by atoms with van der Waals surface area (Å²) in [6.07, 6.45) is -0.510. The maximum atomic E-state index is 13.2. The fourth-order valence-electron chi connectivity index (χ4n) is 3.13. The van der Waals surface area contributed by atoms with E-state index in [1.165, 1.54) is 12.1 Å². The number of alkyl halides is 3.